The third kappa shape index (κ3) is 3.95. The number of rotatable bonds is 5. The minimum atomic E-state index is -0.927. The molecule has 7 aromatic carbocycles. The molecule has 0 bridgehead atoms. The van der Waals surface area contributed by atoms with Crippen LogP contribution in [0.15, 0.2) is 127 Å². The van der Waals surface area contributed by atoms with Gasteiger partial charge in [-0.3, -0.25) is 0 Å². The van der Waals surface area contributed by atoms with E-state index >= 15 is 0 Å². The summed E-state index contributed by atoms with van der Waals surface area (Å²) in [4.78, 5) is 3.84. The van der Waals surface area contributed by atoms with Crippen molar-refractivity contribution in [2.45, 2.75) is 37.7 Å². The van der Waals surface area contributed by atoms with E-state index in [1.807, 2.05) is 18.2 Å². The van der Waals surface area contributed by atoms with Crippen LogP contribution in [0.4, 0.5) is 5.69 Å². The van der Waals surface area contributed by atoms with Crippen molar-refractivity contribution in [1.82, 2.24) is 0 Å². The van der Waals surface area contributed by atoms with Gasteiger partial charge in [-0.1, -0.05) is 123 Å². The first-order chi connectivity index (χ1) is 24.1. The van der Waals surface area contributed by atoms with Crippen molar-refractivity contribution in [3.8, 4) is 22.6 Å². The van der Waals surface area contributed by atoms with E-state index in [1.165, 1.54) is 43.8 Å². The Balaban J connectivity index is 1.40. The second kappa shape index (κ2) is 10.8. The molecule has 9 rings (SSSR count). The first-order valence-electron chi connectivity index (χ1n) is 17.1. The van der Waals surface area contributed by atoms with Gasteiger partial charge in [0.15, 0.2) is 11.3 Å². The Morgan fingerprint density at radius 2 is 1.37 bits per heavy atom. The Kier molecular flexibility index (Phi) is 6.48. The van der Waals surface area contributed by atoms with Crippen LogP contribution in [0.25, 0.3) is 54.4 Å². The number of methoxy groups -OCH3 is 1. The molecular formula is C46H35NO2. The van der Waals surface area contributed by atoms with Crippen molar-refractivity contribution >= 4 is 44.1 Å². The third-order valence-electron chi connectivity index (χ3n) is 11.2. The normalized spacial score (nSPS) is 16.9. The van der Waals surface area contributed by atoms with Crippen LogP contribution in [0.2, 0.25) is 0 Å². The van der Waals surface area contributed by atoms with Crippen molar-refractivity contribution in [3.63, 3.8) is 0 Å². The van der Waals surface area contributed by atoms with Crippen molar-refractivity contribution in [1.29, 1.82) is 0 Å². The zero-order valence-corrected chi connectivity index (χ0v) is 27.9. The highest BCUT2D eigenvalue weighted by atomic mass is 16.5. The van der Waals surface area contributed by atoms with E-state index in [2.05, 4.69) is 134 Å². The molecule has 0 fully saturated rings. The summed E-state index contributed by atoms with van der Waals surface area (Å²) in [5.74, 6) is 1.70. The molecule has 0 amide bonds. The zero-order chi connectivity index (χ0) is 33.3. The van der Waals surface area contributed by atoms with Crippen LogP contribution in [-0.2, 0) is 11.0 Å². The predicted molar refractivity (Wildman–Crippen MR) is 202 cm³/mol. The molecule has 1 aliphatic carbocycles. The second-order valence-corrected chi connectivity index (χ2v) is 13.3. The van der Waals surface area contributed by atoms with E-state index in [0.29, 0.717) is 5.69 Å². The molecule has 0 aromatic heterocycles. The molecule has 2 aliphatic rings. The molecule has 0 N–H and O–H groups in total. The summed E-state index contributed by atoms with van der Waals surface area (Å²) < 4.78 is 13.3. The van der Waals surface area contributed by atoms with Crippen molar-refractivity contribution < 1.29 is 9.47 Å². The standard InChI is InChI=1S/C46H35NO2/c1-5-45(6-2)40-28-31(47-3)21-24-38(40)42-36-17-11-12-18-37(36)44-39(43(42)45)25-26-46(49-44,30-19-22-32(48-4)23-20-30)41-27-29-13-7-8-14-33(29)34-15-9-10-16-35(34)41/h7-28H,5-6H2,1-2,4H3. The first-order valence-corrected chi connectivity index (χ1v) is 17.1. The molecule has 3 nitrogen and oxygen atoms in total. The van der Waals surface area contributed by atoms with Crippen molar-refractivity contribution in [3.05, 3.63) is 167 Å². The largest absolute Gasteiger partial charge is 0.497 e. The molecule has 0 saturated heterocycles. The van der Waals surface area contributed by atoms with Crippen LogP contribution in [0.1, 0.15) is 54.5 Å². The number of ether oxygens (including phenoxy) is 2. The smallest absolute Gasteiger partial charge is 0.187 e. The van der Waals surface area contributed by atoms with Gasteiger partial charge < -0.3 is 9.47 Å². The Bertz CT molecular complexity index is 2550. The maximum atomic E-state index is 7.82. The summed E-state index contributed by atoms with van der Waals surface area (Å²) in [6, 6.07) is 42.9. The first kappa shape index (κ1) is 29.3. The van der Waals surface area contributed by atoms with Crippen LogP contribution in [0.3, 0.4) is 0 Å². The predicted octanol–water partition coefficient (Wildman–Crippen LogP) is 12.1. The maximum absolute atomic E-state index is 7.82. The Labute approximate surface area is 286 Å². The van der Waals surface area contributed by atoms with Gasteiger partial charge in [0.2, 0.25) is 0 Å². The molecule has 1 aliphatic heterocycles. The second-order valence-electron chi connectivity index (χ2n) is 13.3. The molecule has 1 unspecified atom stereocenters. The number of hydrogen-bond donors (Lipinski definition) is 0. The van der Waals surface area contributed by atoms with E-state index in [9.17, 15) is 0 Å². The lowest BCUT2D eigenvalue weighted by molar-refractivity contribution is 0.165. The van der Waals surface area contributed by atoms with Gasteiger partial charge in [0, 0.05) is 27.5 Å². The molecule has 0 radical (unpaired) electrons. The minimum absolute atomic E-state index is 0.247. The monoisotopic (exact) mass is 633 g/mol. The summed E-state index contributed by atoms with van der Waals surface area (Å²) >= 11 is 0. The van der Waals surface area contributed by atoms with Gasteiger partial charge in [-0.2, -0.15) is 0 Å². The molecule has 1 heterocycles. The van der Waals surface area contributed by atoms with Crippen LogP contribution in [-0.4, -0.2) is 7.11 Å². The van der Waals surface area contributed by atoms with Crippen LogP contribution in [0, 0.1) is 6.57 Å². The molecule has 49 heavy (non-hydrogen) atoms. The molecule has 7 aromatic rings. The lowest BCUT2D eigenvalue weighted by Gasteiger charge is -2.40. The summed E-state index contributed by atoms with van der Waals surface area (Å²) in [6.07, 6.45) is 6.46. The van der Waals surface area contributed by atoms with E-state index in [0.717, 1.165) is 51.8 Å². The van der Waals surface area contributed by atoms with Gasteiger partial charge in [-0.25, -0.2) is 4.85 Å². The van der Waals surface area contributed by atoms with Crippen molar-refractivity contribution in [2.75, 3.05) is 7.11 Å². The number of benzene rings is 7. The van der Waals surface area contributed by atoms with Crippen LogP contribution in [0.5, 0.6) is 11.5 Å². The van der Waals surface area contributed by atoms with E-state index in [-0.39, 0.29) is 5.41 Å². The van der Waals surface area contributed by atoms with Gasteiger partial charge in [-0.15, -0.1) is 0 Å². The Morgan fingerprint density at radius 1 is 0.694 bits per heavy atom. The number of nitrogens with zero attached hydrogens (tertiary/aromatic N) is 1. The average Bonchev–Trinajstić information content (AvgIpc) is 3.47. The highest BCUT2D eigenvalue weighted by Gasteiger charge is 2.47. The fraction of sp³-hybridized carbons (Fsp3) is 0.152. The number of fused-ring (bicyclic) bond motifs is 11. The van der Waals surface area contributed by atoms with Gasteiger partial charge in [0.05, 0.1) is 13.7 Å². The van der Waals surface area contributed by atoms with Gasteiger partial charge in [-0.05, 0) is 86.3 Å². The van der Waals surface area contributed by atoms with E-state index in [1.54, 1.807) is 7.11 Å². The minimum Gasteiger partial charge on any atom is -0.497 e. The third-order valence-corrected chi connectivity index (χ3v) is 11.2. The Morgan fingerprint density at radius 3 is 2.08 bits per heavy atom. The molecule has 1 atom stereocenters. The lowest BCUT2D eigenvalue weighted by atomic mass is 9.71. The molecule has 0 saturated carbocycles. The molecule has 236 valence electrons. The van der Waals surface area contributed by atoms with Crippen LogP contribution < -0.4 is 9.47 Å². The molecule has 0 spiro atoms. The zero-order valence-electron chi connectivity index (χ0n) is 27.9. The summed E-state index contributed by atoms with van der Waals surface area (Å²) in [6.45, 7) is 12.4. The Hall–Kier alpha value is -5.85. The SMILES string of the molecule is [C-]#[N+]c1ccc2c(c1)C(CC)(CC)c1c3c(c4ccccc4c1-2)OC(c1ccc(OC)cc1)(c1cc2ccccc2c2ccccc12)C=C3. The van der Waals surface area contributed by atoms with Gasteiger partial charge in [0.1, 0.15) is 11.5 Å². The summed E-state index contributed by atoms with van der Waals surface area (Å²) in [7, 11) is 1.70. The van der Waals surface area contributed by atoms with E-state index in [4.69, 9.17) is 16.0 Å². The lowest BCUT2D eigenvalue weighted by Crippen LogP contribution is -2.35. The molecular weight excluding hydrogens is 599 g/mol. The summed E-state index contributed by atoms with van der Waals surface area (Å²) in [5, 5.41) is 7.03. The highest BCUT2D eigenvalue weighted by Crippen LogP contribution is 2.61. The van der Waals surface area contributed by atoms with Crippen LogP contribution >= 0.6 is 0 Å². The van der Waals surface area contributed by atoms with Gasteiger partial charge in [0.25, 0.3) is 0 Å². The molecule has 3 heteroatoms. The maximum Gasteiger partial charge on any atom is 0.187 e. The average molecular weight is 634 g/mol. The van der Waals surface area contributed by atoms with E-state index < -0.39 is 5.60 Å². The summed E-state index contributed by atoms with van der Waals surface area (Å²) in [5.41, 5.74) is 7.83. The number of hydrogen-bond acceptors (Lipinski definition) is 2. The van der Waals surface area contributed by atoms with Crippen molar-refractivity contribution in [2.24, 2.45) is 0 Å². The highest BCUT2D eigenvalue weighted by molar-refractivity contribution is 6.11. The van der Waals surface area contributed by atoms with Gasteiger partial charge >= 0.3 is 0 Å². The fourth-order valence-corrected chi connectivity index (χ4v) is 8.86. The topological polar surface area (TPSA) is 22.8 Å². The quantitative estimate of drug-likeness (QED) is 0.139. The fourth-order valence-electron chi connectivity index (χ4n) is 8.86.